The van der Waals surface area contributed by atoms with Gasteiger partial charge in [0.1, 0.15) is 18.4 Å². The van der Waals surface area contributed by atoms with Gasteiger partial charge in [-0.05, 0) is 18.4 Å². The smallest absolute Gasteiger partial charge is 0.242 e. The van der Waals surface area contributed by atoms with Gasteiger partial charge in [0.15, 0.2) is 5.82 Å². The molecule has 0 saturated heterocycles. The van der Waals surface area contributed by atoms with E-state index < -0.39 is 18.5 Å². The molecule has 1 atom stereocenters. The first-order valence-corrected chi connectivity index (χ1v) is 7.21. The van der Waals surface area contributed by atoms with Crippen molar-refractivity contribution >= 4 is 23.2 Å². The van der Waals surface area contributed by atoms with E-state index in [1.165, 1.54) is 11.3 Å². The lowest BCUT2D eigenvalue weighted by Crippen LogP contribution is -2.38. The second-order valence-electron chi connectivity index (χ2n) is 4.25. The van der Waals surface area contributed by atoms with Crippen LogP contribution in [0.5, 0.6) is 0 Å². The van der Waals surface area contributed by atoms with Gasteiger partial charge in [-0.25, -0.2) is 18.7 Å². The first-order chi connectivity index (χ1) is 10.1. The van der Waals surface area contributed by atoms with Gasteiger partial charge in [-0.15, -0.1) is 0 Å². The third-order valence-corrected chi connectivity index (χ3v) is 3.35. The molecular formula is C13H14F2N4OS. The maximum Gasteiger partial charge on any atom is 0.242 e. The van der Waals surface area contributed by atoms with Gasteiger partial charge in [-0.2, -0.15) is 11.3 Å². The number of nitrogens with one attached hydrogen (secondary N) is 2. The third kappa shape index (κ3) is 3.94. The highest BCUT2D eigenvalue weighted by Gasteiger charge is 2.15. The molecule has 8 heteroatoms. The molecule has 0 radical (unpaired) electrons. The number of rotatable bonds is 6. The maximum atomic E-state index is 13.7. The van der Waals surface area contributed by atoms with E-state index in [2.05, 4.69) is 20.6 Å². The van der Waals surface area contributed by atoms with Crippen molar-refractivity contribution in [3.63, 3.8) is 0 Å². The van der Waals surface area contributed by atoms with E-state index in [1.807, 2.05) is 5.38 Å². The average molecular weight is 312 g/mol. The molecule has 1 amide bonds. The Hall–Kier alpha value is -2.09. The van der Waals surface area contributed by atoms with Crippen LogP contribution < -0.4 is 10.6 Å². The summed E-state index contributed by atoms with van der Waals surface area (Å²) in [6, 6.07) is 1.09. The van der Waals surface area contributed by atoms with Gasteiger partial charge in [-0.3, -0.25) is 4.79 Å². The van der Waals surface area contributed by atoms with Gasteiger partial charge in [0.25, 0.3) is 0 Å². The Morgan fingerprint density at radius 1 is 1.52 bits per heavy atom. The van der Waals surface area contributed by atoms with Crippen LogP contribution in [0.1, 0.15) is 6.92 Å². The van der Waals surface area contributed by atoms with Crippen molar-refractivity contribution in [3.05, 3.63) is 28.8 Å². The molecule has 2 aromatic heterocycles. The molecular weight excluding hydrogens is 298 g/mol. The monoisotopic (exact) mass is 312 g/mol. The van der Waals surface area contributed by atoms with Crippen molar-refractivity contribution in [2.24, 2.45) is 0 Å². The van der Waals surface area contributed by atoms with Crippen molar-refractivity contribution in [3.8, 4) is 11.3 Å². The molecule has 2 heterocycles. The molecule has 0 fully saturated rings. The zero-order chi connectivity index (χ0) is 15.2. The number of anilines is 1. The van der Waals surface area contributed by atoms with Gasteiger partial charge in [0.2, 0.25) is 11.9 Å². The first-order valence-electron chi connectivity index (χ1n) is 6.27. The number of hydrogen-bond acceptors (Lipinski definition) is 5. The Balaban J connectivity index is 2.11. The summed E-state index contributed by atoms with van der Waals surface area (Å²) in [4.78, 5) is 19.5. The molecule has 0 aromatic carbocycles. The zero-order valence-corrected chi connectivity index (χ0v) is 12.1. The third-order valence-electron chi connectivity index (χ3n) is 2.67. The SMILES string of the molecule is C[C@H](Nc1ncc(F)c(-c2ccsc2)n1)C(=O)NCCF. The normalized spacial score (nSPS) is 12.0. The summed E-state index contributed by atoms with van der Waals surface area (Å²) in [5.41, 5.74) is 0.822. The molecule has 0 bridgehead atoms. The molecule has 2 aromatic rings. The summed E-state index contributed by atoms with van der Waals surface area (Å²) in [6.45, 7) is 0.910. The van der Waals surface area contributed by atoms with E-state index in [4.69, 9.17) is 0 Å². The van der Waals surface area contributed by atoms with E-state index >= 15 is 0 Å². The summed E-state index contributed by atoms with van der Waals surface area (Å²) in [7, 11) is 0. The first kappa shape index (κ1) is 15.3. The Bertz CT molecular complexity index is 606. The minimum absolute atomic E-state index is 0.0463. The number of amides is 1. The summed E-state index contributed by atoms with van der Waals surface area (Å²) < 4.78 is 25.7. The quantitative estimate of drug-likeness (QED) is 0.858. The predicted molar refractivity (Wildman–Crippen MR) is 77.4 cm³/mol. The standard InChI is InChI=1S/C13H14F2N4OS/c1-8(12(20)16-4-3-14)18-13-17-6-10(15)11(19-13)9-2-5-21-7-9/h2,5-8H,3-4H2,1H3,(H,16,20)(H,17,18,19)/t8-/m0/s1. The van der Waals surface area contributed by atoms with E-state index in [9.17, 15) is 13.6 Å². The highest BCUT2D eigenvalue weighted by molar-refractivity contribution is 7.08. The molecule has 0 saturated carbocycles. The number of hydrogen-bond donors (Lipinski definition) is 2. The average Bonchev–Trinajstić information content (AvgIpc) is 3.00. The summed E-state index contributed by atoms with van der Waals surface area (Å²) in [6.07, 6.45) is 1.05. The van der Waals surface area contributed by atoms with E-state index in [0.717, 1.165) is 6.20 Å². The zero-order valence-electron chi connectivity index (χ0n) is 11.3. The van der Waals surface area contributed by atoms with Gasteiger partial charge in [0.05, 0.1) is 6.20 Å². The van der Waals surface area contributed by atoms with Crippen LogP contribution in [-0.4, -0.2) is 35.1 Å². The van der Waals surface area contributed by atoms with Crippen LogP contribution in [-0.2, 0) is 4.79 Å². The highest BCUT2D eigenvalue weighted by Crippen LogP contribution is 2.23. The molecule has 0 aliphatic rings. The number of aromatic nitrogens is 2. The maximum absolute atomic E-state index is 13.7. The summed E-state index contributed by atoms with van der Waals surface area (Å²) in [5.74, 6) is -0.772. The van der Waals surface area contributed by atoms with E-state index in [-0.39, 0.29) is 24.1 Å². The van der Waals surface area contributed by atoms with Crippen LogP contribution >= 0.6 is 11.3 Å². The number of carbonyl (C=O) groups is 1. The highest BCUT2D eigenvalue weighted by atomic mass is 32.1. The van der Waals surface area contributed by atoms with Crippen molar-refractivity contribution in [1.29, 1.82) is 0 Å². The molecule has 112 valence electrons. The molecule has 5 nitrogen and oxygen atoms in total. The van der Waals surface area contributed by atoms with Crippen molar-refractivity contribution in [2.45, 2.75) is 13.0 Å². The fraction of sp³-hybridized carbons (Fsp3) is 0.308. The lowest BCUT2D eigenvalue weighted by Gasteiger charge is -2.13. The Morgan fingerprint density at radius 3 is 3.00 bits per heavy atom. The van der Waals surface area contributed by atoms with Crippen molar-refractivity contribution in [2.75, 3.05) is 18.5 Å². The Labute approximate surface area is 124 Å². The molecule has 0 aliphatic heterocycles. The van der Waals surface area contributed by atoms with Gasteiger partial charge < -0.3 is 10.6 Å². The van der Waals surface area contributed by atoms with Crippen LogP contribution in [0.2, 0.25) is 0 Å². The topological polar surface area (TPSA) is 66.9 Å². The molecule has 21 heavy (non-hydrogen) atoms. The van der Waals surface area contributed by atoms with Crippen LogP contribution in [0.3, 0.4) is 0 Å². The lowest BCUT2D eigenvalue weighted by atomic mass is 10.2. The molecule has 0 unspecified atom stereocenters. The summed E-state index contributed by atoms with van der Waals surface area (Å²) in [5, 5.41) is 8.75. The fourth-order valence-electron chi connectivity index (χ4n) is 1.62. The molecule has 2 rings (SSSR count). The summed E-state index contributed by atoms with van der Waals surface area (Å²) >= 11 is 1.43. The fourth-order valence-corrected chi connectivity index (χ4v) is 2.26. The number of nitrogens with zero attached hydrogens (tertiary/aromatic N) is 2. The Morgan fingerprint density at radius 2 is 2.33 bits per heavy atom. The number of thiophene rings is 1. The molecule has 0 aliphatic carbocycles. The minimum atomic E-state index is -0.655. The number of alkyl halides is 1. The number of carbonyl (C=O) groups excluding carboxylic acids is 1. The van der Waals surface area contributed by atoms with Crippen molar-refractivity contribution in [1.82, 2.24) is 15.3 Å². The lowest BCUT2D eigenvalue weighted by molar-refractivity contribution is -0.121. The van der Waals surface area contributed by atoms with Gasteiger partial charge in [0, 0.05) is 17.5 Å². The molecule has 2 N–H and O–H groups in total. The predicted octanol–water partition coefficient (Wildman–Crippen LogP) is 2.23. The Kier molecular flexibility index (Phi) is 5.15. The second kappa shape index (κ2) is 7.07. The van der Waals surface area contributed by atoms with E-state index in [0.29, 0.717) is 5.56 Å². The van der Waals surface area contributed by atoms with Gasteiger partial charge in [-0.1, -0.05) is 0 Å². The van der Waals surface area contributed by atoms with Gasteiger partial charge >= 0.3 is 0 Å². The number of halogens is 2. The van der Waals surface area contributed by atoms with E-state index in [1.54, 1.807) is 18.4 Å². The van der Waals surface area contributed by atoms with Crippen LogP contribution in [0, 0.1) is 5.82 Å². The van der Waals surface area contributed by atoms with Crippen LogP contribution in [0.4, 0.5) is 14.7 Å². The second-order valence-corrected chi connectivity index (χ2v) is 5.03. The van der Waals surface area contributed by atoms with Crippen LogP contribution in [0.25, 0.3) is 11.3 Å². The minimum Gasteiger partial charge on any atom is -0.352 e. The van der Waals surface area contributed by atoms with Crippen molar-refractivity contribution < 1.29 is 13.6 Å². The largest absolute Gasteiger partial charge is 0.352 e. The van der Waals surface area contributed by atoms with Crippen LogP contribution in [0.15, 0.2) is 23.0 Å². The molecule has 0 spiro atoms.